The first kappa shape index (κ1) is 12.5. The van der Waals surface area contributed by atoms with Crippen LogP contribution in [0.4, 0.5) is 5.69 Å². The van der Waals surface area contributed by atoms with Gasteiger partial charge in [-0.1, -0.05) is 0 Å². The number of pyridine rings is 1. The van der Waals surface area contributed by atoms with Crippen molar-refractivity contribution in [3.63, 3.8) is 0 Å². The smallest absolute Gasteiger partial charge is 0.251 e. The van der Waals surface area contributed by atoms with Crippen LogP contribution in [0.5, 0.6) is 0 Å². The molecule has 96 valence electrons. The fraction of sp³-hybridized carbons (Fsp3) is 0.417. The van der Waals surface area contributed by atoms with Gasteiger partial charge in [-0.25, -0.2) is 0 Å². The standard InChI is InChI=1S/C12H16N4O2/c1-12(2)11(18)15-10(17)7-16(12)9-4-3-8(5-13)14-6-9/h3-4,6H,5,7,13H2,1-2H3,(H,15,17,18). The zero-order valence-electron chi connectivity index (χ0n) is 10.4. The lowest BCUT2D eigenvalue weighted by Crippen LogP contribution is -2.64. The van der Waals surface area contributed by atoms with Crippen LogP contribution in [0.25, 0.3) is 0 Å². The summed E-state index contributed by atoms with van der Waals surface area (Å²) in [4.78, 5) is 29.2. The molecule has 2 amide bonds. The molecule has 1 aliphatic rings. The number of aromatic nitrogens is 1. The van der Waals surface area contributed by atoms with Crippen LogP contribution in [0.15, 0.2) is 18.3 Å². The summed E-state index contributed by atoms with van der Waals surface area (Å²) in [7, 11) is 0. The molecule has 0 aliphatic carbocycles. The minimum absolute atomic E-state index is 0.141. The van der Waals surface area contributed by atoms with Gasteiger partial charge in [0.25, 0.3) is 5.91 Å². The van der Waals surface area contributed by atoms with Gasteiger partial charge >= 0.3 is 0 Å². The van der Waals surface area contributed by atoms with E-state index in [0.29, 0.717) is 6.54 Å². The highest BCUT2D eigenvalue weighted by Crippen LogP contribution is 2.25. The maximum absolute atomic E-state index is 11.8. The minimum Gasteiger partial charge on any atom is -0.347 e. The van der Waals surface area contributed by atoms with E-state index in [1.54, 1.807) is 31.0 Å². The van der Waals surface area contributed by atoms with Crippen molar-refractivity contribution >= 4 is 17.5 Å². The Morgan fingerprint density at radius 1 is 1.44 bits per heavy atom. The Bertz CT molecular complexity index is 481. The molecule has 6 nitrogen and oxygen atoms in total. The van der Waals surface area contributed by atoms with Crippen LogP contribution in [0, 0.1) is 0 Å². The van der Waals surface area contributed by atoms with Gasteiger partial charge in [-0.3, -0.25) is 19.9 Å². The first-order valence-electron chi connectivity index (χ1n) is 5.72. The summed E-state index contributed by atoms with van der Waals surface area (Å²) in [6.07, 6.45) is 1.63. The molecule has 0 unspecified atom stereocenters. The average Bonchev–Trinajstić information content (AvgIpc) is 2.34. The Balaban J connectivity index is 2.34. The molecule has 18 heavy (non-hydrogen) atoms. The van der Waals surface area contributed by atoms with Gasteiger partial charge < -0.3 is 10.6 Å². The Kier molecular flexibility index (Phi) is 3.04. The highest BCUT2D eigenvalue weighted by molar-refractivity contribution is 6.06. The highest BCUT2D eigenvalue weighted by atomic mass is 16.2. The molecule has 6 heteroatoms. The third-order valence-electron chi connectivity index (χ3n) is 3.12. The number of nitrogens with zero attached hydrogens (tertiary/aromatic N) is 2. The molecule has 1 aromatic heterocycles. The molecule has 0 bridgehead atoms. The SMILES string of the molecule is CC1(C)C(=O)NC(=O)CN1c1ccc(CN)nc1. The van der Waals surface area contributed by atoms with Gasteiger partial charge in [-0.05, 0) is 26.0 Å². The van der Waals surface area contributed by atoms with Crippen molar-refractivity contribution in [3.8, 4) is 0 Å². The molecule has 0 atom stereocenters. The lowest BCUT2D eigenvalue weighted by molar-refractivity contribution is -0.135. The summed E-state index contributed by atoms with van der Waals surface area (Å²) >= 11 is 0. The monoisotopic (exact) mass is 248 g/mol. The zero-order chi connectivity index (χ0) is 13.3. The molecule has 1 aliphatic heterocycles. The Labute approximate surface area is 105 Å². The summed E-state index contributed by atoms with van der Waals surface area (Å²) in [5.74, 6) is -0.608. The van der Waals surface area contributed by atoms with E-state index in [9.17, 15) is 9.59 Å². The van der Waals surface area contributed by atoms with Gasteiger partial charge in [0.2, 0.25) is 5.91 Å². The van der Waals surface area contributed by atoms with E-state index in [1.807, 2.05) is 6.07 Å². The molecule has 0 radical (unpaired) electrons. The van der Waals surface area contributed by atoms with Crippen molar-refractivity contribution in [2.24, 2.45) is 5.73 Å². The van der Waals surface area contributed by atoms with Gasteiger partial charge in [0.1, 0.15) is 5.54 Å². The molecule has 2 rings (SSSR count). The van der Waals surface area contributed by atoms with Gasteiger partial charge in [0.15, 0.2) is 0 Å². The van der Waals surface area contributed by atoms with E-state index in [4.69, 9.17) is 5.73 Å². The van der Waals surface area contributed by atoms with Crippen LogP contribution in [0.3, 0.4) is 0 Å². The number of hydrogen-bond donors (Lipinski definition) is 2. The number of carbonyl (C=O) groups excluding carboxylic acids is 2. The van der Waals surface area contributed by atoms with Crippen LogP contribution < -0.4 is 16.0 Å². The number of imide groups is 1. The third-order valence-corrected chi connectivity index (χ3v) is 3.12. The molecule has 1 saturated heterocycles. The second-order valence-corrected chi connectivity index (χ2v) is 4.73. The number of rotatable bonds is 2. The van der Waals surface area contributed by atoms with E-state index in [-0.39, 0.29) is 18.4 Å². The number of nitrogens with one attached hydrogen (secondary N) is 1. The van der Waals surface area contributed by atoms with Crippen LogP contribution >= 0.6 is 0 Å². The van der Waals surface area contributed by atoms with Gasteiger partial charge in [0, 0.05) is 6.54 Å². The maximum atomic E-state index is 11.8. The Hall–Kier alpha value is -1.95. The van der Waals surface area contributed by atoms with E-state index in [0.717, 1.165) is 11.4 Å². The molecule has 1 aromatic rings. The first-order valence-corrected chi connectivity index (χ1v) is 5.72. The predicted octanol–water partition coefficient (Wildman–Crippen LogP) is -0.218. The summed E-state index contributed by atoms with van der Waals surface area (Å²) in [6, 6.07) is 3.62. The van der Waals surface area contributed by atoms with E-state index in [2.05, 4.69) is 10.3 Å². The van der Waals surface area contributed by atoms with Crippen molar-refractivity contribution in [3.05, 3.63) is 24.0 Å². The Morgan fingerprint density at radius 2 is 2.17 bits per heavy atom. The van der Waals surface area contributed by atoms with Crippen LogP contribution in [0.2, 0.25) is 0 Å². The normalized spacial score (nSPS) is 18.7. The molecule has 0 spiro atoms. The molecule has 2 heterocycles. The van der Waals surface area contributed by atoms with Crippen molar-refractivity contribution in [2.45, 2.75) is 25.9 Å². The van der Waals surface area contributed by atoms with E-state index in [1.165, 1.54) is 0 Å². The van der Waals surface area contributed by atoms with Crippen molar-refractivity contribution < 1.29 is 9.59 Å². The first-order chi connectivity index (χ1) is 8.45. The Morgan fingerprint density at radius 3 is 2.72 bits per heavy atom. The zero-order valence-corrected chi connectivity index (χ0v) is 10.4. The fourth-order valence-electron chi connectivity index (χ4n) is 1.89. The molecule has 0 aromatic carbocycles. The lowest BCUT2D eigenvalue weighted by atomic mass is 9.98. The maximum Gasteiger partial charge on any atom is 0.251 e. The fourth-order valence-corrected chi connectivity index (χ4v) is 1.89. The lowest BCUT2D eigenvalue weighted by Gasteiger charge is -2.41. The second kappa shape index (κ2) is 4.38. The molecular formula is C12H16N4O2. The largest absolute Gasteiger partial charge is 0.347 e. The predicted molar refractivity (Wildman–Crippen MR) is 66.7 cm³/mol. The summed E-state index contributed by atoms with van der Waals surface area (Å²) in [6.45, 7) is 4.04. The van der Waals surface area contributed by atoms with Crippen molar-refractivity contribution in [1.29, 1.82) is 0 Å². The van der Waals surface area contributed by atoms with E-state index < -0.39 is 5.54 Å². The number of hydrogen-bond acceptors (Lipinski definition) is 5. The third kappa shape index (κ3) is 2.06. The van der Waals surface area contributed by atoms with Crippen molar-refractivity contribution in [2.75, 3.05) is 11.4 Å². The van der Waals surface area contributed by atoms with Crippen molar-refractivity contribution in [1.82, 2.24) is 10.3 Å². The number of nitrogens with two attached hydrogens (primary N) is 1. The van der Waals surface area contributed by atoms with Crippen LogP contribution in [-0.2, 0) is 16.1 Å². The molecular weight excluding hydrogens is 232 g/mol. The number of piperazine rings is 1. The topological polar surface area (TPSA) is 88.3 Å². The number of anilines is 1. The molecule has 1 fully saturated rings. The van der Waals surface area contributed by atoms with Gasteiger partial charge in [-0.2, -0.15) is 0 Å². The highest BCUT2D eigenvalue weighted by Gasteiger charge is 2.41. The summed E-state index contributed by atoms with van der Waals surface area (Å²) in [5.41, 5.74) is 6.21. The molecule has 0 saturated carbocycles. The van der Waals surface area contributed by atoms with Gasteiger partial charge in [0.05, 0.1) is 24.1 Å². The number of carbonyl (C=O) groups is 2. The average molecular weight is 248 g/mol. The minimum atomic E-state index is -0.778. The summed E-state index contributed by atoms with van der Waals surface area (Å²) < 4.78 is 0. The van der Waals surface area contributed by atoms with E-state index >= 15 is 0 Å². The van der Waals surface area contributed by atoms with Gasteiger partial charge in [-0.15, -0.1) is 0 Å². The second-order valence-electron chi connectivity index (χ2n) is 4.73. The van der Waals surface area contributed by atoms with Crippen LogP contribution in [-0.4, -0.2) is 28.9 Å². The molecule has 3 N–H and O–H groups in total. The number of amides is 2. The summed E-state index contributed by atoms with van der Waals surface area (Å²) in [5, 5.41) is 2.33. The quantitative estimate of drug-likeness (QED) is 0.706. The van der Waals surface area contributed by atoms with Crippen LogP contribution in [0.1, 0.15) is 19.5 Å².